The van der Waals surface area contributed by atoms with Gasteiger partial charge in [0.1, 0.15) is 10.8 Å². The number of rotatable bonds is 7. The molecule has 150 valence electrons. The smallest absolute Gasteiger partial charge is 0.389 e. The van der Waals surface area contributed by atoms with E-state index in [4.69, 9.17) is 0 Å². The Balaban J connectivity index is 3.25. The van der Waals surface area contributed by atoms with Crippen LogP contribution < -0.4 is 4.72 Å². The molecule has 0 radical (unpaired) electrons. The summed E-state index contributed by atoms with van der Waals surface area (Å²) in [4.78, 5) is -0.731. The molecule has 0 saturated carbocycles. The topological polar surface area (TPSA) is 69.2 Å². The van der Waals surface area contributed by atoms with Crippen LogP contribution in [0.25, 0.3) is 0 Å². The van der Waals surface area contributed by atoms with Crippen LogP contribution in [0.1, 0.15) is 33.6 Å². The quantitative estimate of drug-likeness (QED) is 0.537. The zero-order valence-electron chi connectivity index (χ0n) is 14.3. The zero-order valence-corrected chi connectivity index (χ0v) is 15.9. The molecule has 26 heavy (non-hydrogen) atoms. The first-order valence-corrected chi connectivity index (χ1v) is 10.1. The molecule has 0 aliphatic heterocycles. The first-order chi connectivity index (χ1) is 11.6. The molecule has 11 heteroatoms. The number of halogens is 5. The number of alkyl halides is 5. The Morgan fingerprint density at radius 2 is 1.58 bits per heavy atom. The van der Waals surface area contributed by atoms with E-state index in [-0.39, 0.29) is 0 Å². The summed E-state index contributed by atoms with van der Waals surface area (Å²) in [7, 11) is -5.29. The van der Waals surface area contributed by atoms with Crippen molar-refractivity contribution in [1.29, 1.82) is 0 Å². The molecular formula is C15H20F5NO3S2. The van der Waals surface area contributed by atoms with E-state index in [1.54, 1.807) is 0 Å². The van der Waals surface area contributed by atoms with Crippen molar-refractivity contribution in [2.24, 2.45) is 0 Å². The molecule has 2 atom stereocenters. The second kappa shape index (κ2) is 7.99. The first-order valence-electron chi connectivity index (χ1n) is 7.51. The summed E-state index contributed by atoms with van der Waals surface area (Å²) < 4.78 is 104. The highest BCUT2D eigenvalue weighted by Gasteiger charge is 2.55. The Morgan fingerprint density at radius 3 is 2.00 bits per heavy atom. The number of benzene rings is 1. The van der Waals surface area contributed by atoms with Crippen LogP contribution in [0.4, 0.5) is 22.0 Å². The Bertz CT molecular complexity index is 687. The van der Waals surface area contributed by atoms with Crippen molar-refractivity contribution in [2.45, 2.75) is 60.7 Å². The van der Waals surface area contributed by atoms with Gasteiger partial charge in [0.15, 0.2) is 0 Å². The van der Waals surface area contributed by atoms with Gasteiger partial charge in [0.05, 0.1) is 4.90 Å². The van der Waals surface area contributed by atoms with Crippen molar-refractivity contribution in [3.63, 3.8) is 0 Å². The molecule has 0 aliphatic rings. The minimum absolute atomic E-state index is 0.731. The Kier molecular flexibility index (Phi) is 7.11. The summed E-state index contributed by atoms with van der Waals surface area (Å²) in [5.74, 6) is 0. The van der Waals surface area contributed by atoms with Gasteiger partial charge in [-0.25, -0.2) is 8.42 Å². The molecule has 0 aliphatic carbocycles. The number of nitrogens with one attached hydrogen (secondary N) is 1. The third-order valence-electron chi connectivity index (χ3n) is 3.34. The fourth-order valence-electron chi connectivity index (χ4n) is 1.85. The second-order valence-electron chi connectivity index (χ2n) is 6.58. The monoisotopic (exact) mass is 421 g/mol. The van der Waals surface area contributed by atoms with Crippen LogP contribution in [0, 0.1) is 0 Å². The second-order valence-corrected chi connectivity index (χ2v) is 10.6. The number of sulfone groups is 1. The van der Waals surface area contributed by atoms with E-state index in [0.29, 0.717) is 0 Å². The summed E-state index contributed by atoms with van der Waals surface area (Å²) in [5, 5.41) is -4.60. The summed E-state index contributed by atoms with van der Waals surface area (Å²) in [6, 6.07) is 3.21. The van der Waals surface area contributed by atoms with E-state index in [9.17, 15) is 34.9 Å². The lowest BCUT2D eigenvalue weighted by Crippen LogP contribution is -2.55. The van der Waals surface area contributed by atoms with Crippen LogP contribution >= 0.6 is 0 Å². The van der Waals surface area contributed by atoms with Crippen molar-refractivity contribution >= 4 is 21.2 Å². The van der Waals surface area contributed by atoms with E-state index in [2.05, 4.69) is 0 Å². The van der Waals surface area contributed by atoms with Crippen molar-refractivity contribution in [3.05, 3.63) is 30.3 Å². The SMILES string of the molecule is CC(C)(C)[S@@+]([O-])NC(CCC(F)(F)F)C(F)(F)S(=O)(=O)c1ccccc1. The Hall–Kier alpha value is -0.910. The Labute approximate surface area is 152 Å². The van der Waals surface area contributed by atoms with Crippen LogP contribution in [-0.4, -0.2) is 35.2 Å². The lowest BCUT2D eigenvalue weighted by atomic mass is 10.2. The van der Waals surface area contributed by atoms with Crippen molar-refractivity contribution in [1.82, 2.24) is 4.72 Å². The number of hydrogen-bond acceptors (Lipinski definition) is 4. The van der Waals surface area contributed by atoms with Gasteiger partial charge in [-0.1, -0.05) is 18.2 Å². The third-order valence-corrected chi connectivity index (χ3v) is 6.84. The molecule has 1 rings (SSSR count). The van der Waals surface area contributed by atoms with Gasteiger partial charge in [-0.15, -0.1) is 4.72 Å². The van der Waals surface area contributed by atoms with E-state index in [1.807, 2.05) is 4.72 Å². The molecule has 0 saturated heterocycles. The molecule has 0 spiro atoms. The van der Waals surface area contributed by atoms with Gasteiger partial charge in [-0.3, -0.25) is 0 Å². The summed E-state index contributed by atoms with van der Waals surface area (Å²) >= 11 is -2.20. The minimum atomic E-state index is -5.29. The lowest BCUT2D eigenvalue weighted by Gasteiger charge is -2.32. The largest absolute Gasteiger partial charge is 0.598 e. The maximum Gasteiger partial charge on any atom is 0.389 e. The molecule has 1 aromatic carbocycles. The molecule has 1 aromatic rings. The fraction of sp³-hybridized carbons (Fsp3) is 0.600. The highest BCUT2D eigenvalue weighted by molar-refractivity contribution is 7.93. The highest BCUT2D eigenvalue weighted by atomic mass is 32.2. The van der Waals surface area contributed by atoms with Gasteiger partial charge in [0.25, 0.3) is 0 Å². The molecular weight excluding hydrogens is 401 g/mol. The first kappa shape index (κ1) is 23.1. The normalized spacial score (nSPS) is 16.3. The maximum atomic E-state index is 14.7. The average Bonchev–Trinajstić information content (AvgIpc) is 2.49. The molecule has 4 nitrogen and oxygen atoms in total. The van der Waals surface area contributed by atoms with Gasteiger partial charge in [0.2, 0.25) is 9.84 Å². The van der Waals surface area contributed by atoms with Gasteiger partial charge < -0.3 is 4.55 Å². The zero-order chi connectivity index (χ0) is 20.4. The molecule has 1 N–H and O–H groups in total. The highest BCUT2D eigenvalue weighted by Crippen LogP contribution is 2.36. The van der Waals surface area contributed by atoms with Crippen LogP contribution in [0.15, 0.2) is 35.2 Å². The third kappa shape index (κ3) is 5.80. The number of hydrogen-bond donors (Lipinski definition) is 1. The van der Waals surface area contributed by atoms with E-state index in [1.165, 1.54) is 39.0 Å². The molecule has 0 amide bonds. The summed E-state index contributed by atoms with van der Waals surface area (Å²) in [6.07, 6.45) is -7.66. The molecule has 0 bridgehead atoms. The lowest BCUT2D eigenvalue weighted by molar-refractivity contribution is -0.138. The predicted octanol–water partition coefficient (Wildman–Crippen LogP) is 3.82. The summed E-state index contributed by atoms with van der Waals surface area (Å²) in [5.41, 5.74) is 0. The van der Waals surface area contributed by atoms with Crippen molar-refractivity contribution in [3.8, 4) is 0 Å². The van der Waals surface area contributed by atoms with Crippen molar-refractivity contribution in [2.75, 3.05) is 0 Å². The molecule has 1 unspecified atom stereocenters. The van der Waals surface area contributed by atoms with Gasteiger partial charge in [-0.2, -0.15) is 22.0 Å². The average molecular weight is 421 g/mol. The van der Waals surface area contributed by atoms with Crippen molar-refractivity contribution < 1.29 is 34.9 Å². The summed E-state index contributed by atoms with van der Waals surface area (Å²) in [6.45, 7) is 4.25. The van der Waals surface area contributed by atoms with Gasteiger partial charge in [0, 0.05) is 17.8 Å². The fourth-order valence-corrected chi connectivity index (χ4v) is 4.19. The molecule has 0 heterocycles. The van der Waals surface area contributed by atoms with E-state index < -0.39 is 61.2 Å². The molecule has 0 aromatic heterocycles. The molecule has 0 fully saturated rings. The van der Waals surface area contributed by atoms with Gasteiger partial charge in [-0.05, 0) is 39.3 Å². The Morgan fingerprint density at radius 1 is 1.08 bits per heavy atom. The predicted molar refractivity (Wildman–Crippen MR) is 88.7 cm³/mol. The maximum absolute atomic E-state index is 14.7. The standard InChI is InChI=1S/C15H20F5NO3S2/c1-13(2,3)25(22)21-12(9-10-14(16,17)18)15(19,20)26(23,24)11-7-5-4-6-8-11/h4-8,12,21H,9-10H2,1-3H3/t12?,25-/m1/s1. The van der Waals surface area contributed by atoms with Gasteiger partial charge >= 0.3 is 11.4 Å². The van der Waals surface area contributed by atoms with E-state index in [0.717, 1.165) is 12.1 Å². The van der Waals surface area contributed by atoms with Crippen LogP contribution in [-0.2, 0) is 21.2 Å². The van der Waals surface area contributed by atoms with Crippen LogP contribution in [0.3, 0.4) is 0 Å². The van der Waals surface area contributed by atoms with Crippen LogP contribution in [0.2, 0.25) is 0 Å². The van der Waals surface area contributed by atoms with E-state index >= 15 is 0 Å². The van der Waals surface area contributed by atoms with Crippen LogP contribution in [0.5, 0.6) is 0 Å². The minimum Gasteiger partial charge on any atom is -0.598 e.